The van der Waals surface area contributed by atoms with Crippen LogP contribution in [0.1, 0.15) is 106 Å². The monoisotopic (exact) mass is 590 g/mol. The molecule has 0 aromatic rings. The molecule has 42 heavy (non-hydrogen) atoms. The largest absolute Gasteiger partial charge is 0.481 e. The van der Waals surface area contributed by atoms with Crippen LogP contribution in [0.4, 0.5) is 0 Å². The van der Waals surface area contributed by atoms with Gasteiger partial charge in [-0.15, -0.1) is 0 Å². The number of carboxylic acids is 1. The topological polar surface area (TPSA) is 137 Å². The van der Waals surface area contributed by atoms with E-state index in [9.17, 15) is 30.3 Å². The number of carboxylic acid groups (broad SMARTS) is 1. The number of hydrogen-bond acceptors (Lipinski definition) is 7. The summed E-state index contributed by atoms with van der Waals surface area (Å²) in [5, 5.41) is 53.3. The van der Waals surface area contributed by atoms with Gasteiger partial charge in [-0.25, -0.2) is 0 Å². The Hall–Kier alpha value is -1.03. The highest BCUT2D eigenvalue weighted by Crippen LogP contribution is 2.75. The summed E-state index contributed by atoms with van der Waals surface area (Å²) in [5.74, 6) is -0.222. The van der Waals surface area contributed by atoms with Crippen LogP contribution in [-0.4, -0.2) is 74.4 Å². The van der Waals surface area contributed by atoms with Gasteiger partial charge < -0.3 is 35.0 Å². The van der Waals surface area contributed by atoms with Crippen molar-refractivity contribution >= 4 is 5.97 Å². The summed E-state index contributed by atoms with van der Waals surface area (Å²) in [4.78, 5) is 12.9. The van der Waals surface area contributed by atoms with Crippen molar-refractivity contribution in [2.45, 2.75) is 142 Å². The molecule has 0 amide bonds. The first-order valence-corrected chi connectivity index (χ1v) is 16.4. The van der Waals surface area contributed by atoms with Crippen LogP contribution >= 0.6 is 0 Å². The summed E-state index contributed by atoms with van der Waals surface area (Å²) in [6.07, 6.45) is 5.29. The number of fused-ring (bicyclic) bond motifs is 7. The summed E-state index contributed by atoms with van der Waals surface area (Å²) in [7, 11) is 0. The zero-order valence-electron chi connectivity index (χ0n) is 26.4. The van der Waals surface area contributed by atoms with Gasteiger partial charge in [0.15, 0.2) is 6.29 Å². The van der Waals surface area contributed by atoms with Crippen LogP contribution in [0, 0.1) is 44.8 Å². The van der Waals surface area contributed by atoms with Gasteiger partial charge in [-0.2, -0.15) is 0 Å². The Labute approximate surface area is 250 Å². The zero-order valence-corrected chi connectivity index (χ0v) is 26.4. The Balaban J connectivity index is 1.30. The minimum atomic E-state index is -1.39. The molecule has 6 aliphatic rings. The number of aliphatic hydroxyl groups is 4. The molecule has 1 aliphatic heterocycles. The SMILES string of the molecule is CC1(C)CCC2(C(=O)O)CCC3(C)C(=CCC4C5(C)CCC(OC6OCC(O)C(O)C6O)C(C)(O)C5CCC43C)C2C1. The number of carbonyl (C=O) groups is 1. The van der Waals surface area contributed by atoms with Gasteiger partial charge in [0.1, 0.15) is 18.3 Å². The van der Waals surface area contributed by atoms with E-state index >= 15 is 0 Å². The van der Waals surface area contributed by atoms with E-state index in [0.717, 1.165) is 57.8 Å². The van der Waals surface area contributed by atoms with Gasteiger partial charge in [0, 0.05) is 0 Å². The van der Waals surface area contributed by atoms with E-state index in [4.69, 9.17) is 9.47 Å². The molecule has 8 nitrogen and oxygen atoms in total. The quantitative estimate of drug-likeness (QED) is 0.241. The first-order chi connectivity index (χ1) is 19.4. The molecule has 238 valence electrons. The first-order valence-electron chi connectivity index (χ1n) is 16.4. The van der Waals surface area contributed by atoms with Crippen molar-refractivity contribution in [1.29, 1.82) is 0 Å². The minimum Gasteiger partial charge on any atom is -0.481 e. The van der Waals surface area contributed by atoms with Crippen LogP contribution in [-0.2, 0) is 14.3 Å². The third-order valence-corrected chi connectivity index (χ3v) is 14.4. The van der Waals surface area contributed by atoms with Gasteiger partial charge in [-0.3, -0.25) is 4.79 Å². The maximum absolute atomic E-state index is 12.9. The molecule has 8 heteroatoms. The molecule has 1 heterocycles. The van der Waals surface area contributed by atoms with E-state index in [-0.39, 0.29) is 40.1 Å². The smallest absolute Gasteiger partial charge is 0.310 e. The lowest BCUT2D eigenvalue weighted by Crippen LogP contribution is -2.68. The predicted octanol–water partition coefficient (Wildman–Crippen LogP) is 4.42. The molecule has 0 radical (unpaired) electrons. The van der Waals surface area contributed by atoms with Gasteiger partial charge in [-0.05, 0) is 111 Å². The van der Waals surface area contributed by atoms with Crippen LogP contribution in [0.3, 0.4) is 0 Å². The van der Waals surface area contributed by atoms with Gasteiger partial charge in [-0.1, -0.05) is 46.3 Å². The lowest BCUT2D eigenvalue weighted by atomic mass is 9.34. The van der Waals surface area contributed by atoms with Gasteiger partial charge in [0.05, 0.1) is 23.7 Å². The lowest BCUT2D eigenvalue weighted by Gasteiger charge is -2.71. The highest BCUT2D eigenvalue weighted by atomic mass is 16.7. The van der Waals surface area contributed by atoms with Crippen LogP contribution in [0.5, 0.6) is 0 Å². The Bertz CT molecular complexity index is 1130. The number of hydrogen-bond donors (Lipinski definition) is 5. The van der Waals surface area contributed by atoms with Gasteiger partial charge in [0.2, 0.25) is 0 Å². The third-order valence-electron chi connectivity index (χ3n) is 14.4. The fourth-order valence-electron chi connectivity index (χ4n) is 11.5. The van der Waals surface area contributed by atoms with Crippen molar-refractivity contribution in [2.75, 3.05) is 6.61 Å². The number of aliphatic carboxylic acids is 1. The highest BCUT2D eigenvalue weighted by Gasteiger charge is 2.70. The second-order valence-corrected chi connectivity index (χ2v) is 16.8. The molecular formula is C34H54O8. The maximum atomic E-state index is 12.9. The molecule has 1 saturated heterocycles. The Morgan fingerprint density at radius 1 is 0.905 bits per heavy atom. The molecule has 0 bridgehead atoms. The Morgan fingerprint density at radius 3 is 2.29 bits per heavy atom. The third kappa shape index (κ3) is 4.11. The van der Waals surface area contributed by atoms with Crippen molar-refractivity contribution < 1.29 is 39.8 Å². The predicted molar refractivity (Wildman–Crippen MR) is 156 cm³/mol. The van der Waals surface area contributed by atoms with E-state index in [1.807, 2.05) is 6.92 Å². The fourth-order valence-corrected chi connectivity index (χ4v) is 11.5. The first kappa shape index (κ1) is 31.0. The number of allylic oxidation sites excluding steroid dienone is 2. The Kier molecular flexibility index (Phi) is 7.18. The Morgan fingerprint density at radius 2 is 1.60 bits per heavy atom. The zero-order chi connectivity index (χ0) is 30.7. The van der Waals surface area contributed by atoms with Gasteiger partial charge >= 0.3 is 5.97 Å². The molecule has 0 spiro atoms. The second-order valence-electron chi connectivity index (χ2n) is 16.8. The maximum Gasteiger partial charge on any atom is 0.310 e. The molecule has 6 rings (SSSR count). The molecule has 0 aromatic carbocycles. The van der Waals surface area contributed by atoms with E-state index in [2.05, 4.69) is 40.7 Å². The normalized spacial score (nSPS) is 55.3. The fraction of sp³-hybridized carbons (Fsp3) is 0.912. The molecule has 4 saturated carbocycles. The summed E-state index contributed by atoms with van der Waals surface area (Å²) >= 11 is 0. The molecule has 5 fully saturated rings. The second kappa shape index (κ2) is 9.73. The minimum absolute atomic E-state index is 0.0126. The van der Waals surface area contributed by atoms with Gasteiger partial charge in [0.25, 0.3) is 0 Å². The van der Waals surface area contributed by atoms with E-state index in [1.165, 1.54) is 5.57 Å². The summed E-state index contributed by atoms with van der Waals surface area (Å²) in [5.41, 5.74) is -0.529. The van der Waals surface area contributed by atoms with Crippen molar-refractivity contribution in [3.63, 3.8) is 0 Å². The van der Waals surface area contributed by atoms with E-state index in [0.29, 0.717) is 12.3 Å². The molecular weight excluding hydrogens is 536 g/mol. The van der Waals surface area contributed by atoms with Crippen molar-refractivity contribution in [2.24, 2.45) is 44.8 Å². The summed E-state index contributed by atoms with van der Waals surface area (Å²) in [6, 6.07) is 0. The molecule has 0 aromatic heterocycles. The average molecular weight is 591 g/mol. The molecule has 13 atom stereocenters. The van der Waals surface area contributed by atoms with Crippen molar-refractivity contribution in [3.8, 4) is 0 Å². The van der Waals surface area contributed by atoms with Crippen LogP contribution < -0.4 is 0 Å². The van der Waals surface area contributed by atoms with E-state index in [1.54, 1.807) is 0 Å². The summed E-state index contributed by atoms with van der Waals surface area (Å²) in [6.45, 7) is 13.6. The molecule has 13 unspecified atom stereocenters. The molecule has 5 aliphatic carbocycles. The van der Waals surface area contributed by atoms with Crippen molar-refractivity contribution in [1.82, 2.24) is 0 Å². The van der Waals surface area contributed by atoms with Crippen LogP contribution in [0.15, 0.2) is 11.6 Å². The number of rotatable bonds is 3. The lowest BCUT2D eigenvalue weighted by molar-refractivity contribution is -0.319. The van der Waals surface area contributed by atoms with E-state index < -0.39 is 47.7 Å². The van der Waals surface area contributed by atoms with Crippen molar-refractivity contribution in [3.05, 3.63) is 11.6 Å². The molecule has 5 N–H and O–H groups in total. The van der Waals surface area contributed by atoms with Crippen LogP contribution in [0.2, 0.25) is 0 Å². The number of ether oxygens (including phenoxy) is 2. The number of aliphatic hydroxyl groups excluding tert-OH is 3. The highest BCUT2D eigenvalue weighted by molar-refractivity contribution is 5.76. The van der Waals surface area contributed by atoms with Crippen LogP contribution in [0.25, 0.3) is 0 Å². The average Bonchev–Trinajstić information content (AvgIpc) is 2.90. The standard InChI is InChI=1S/C34H54O8/c1-29(2)13-15-34(28(38)39)16-14-31(4)19(20(34)17-29)7-8-22-30(3)11-10-24(33(6,40)23(30)9-12-32(22,31)5)42-27-26(37)25(36)21(35)18-41-27/h7,20-27,35-37,40H,8-18H2,1-6H3,(H,38,39). The summed E-state index contributed by atoms with van der Waals surface area (Å²) < 4.78 is 11.7.